The molecule has 0 bridgehead atoms. The summed E-state index contributed by atoms with van der Waals surface area (Å²) in [5.41, 5.74) is 0.618. The number of esters is 2. The first-order chi connectivity index (χ1) is 7.88. The van der Waals surface area contributed by atoms with E-state index >= 15 is 0 Å². The van der Waals surface area contributed by atoms with Gasteiger partial charge in [0.15, 0.2) is 0 Å². The van der Waals surface area contributed by atoms with Gasteiger partial charge in [-0.05, 0) is 19.9 Å². The first-order valence-electron chi connectivity index (χ1n) is 5.16. The molecule has 5 heteroatoms. The van der Waals surface area contributed by atoms with E-state index in [4.69, 9.17) is 4.74 Å². The lowest BCUT2D eigenvalue weighted by molar-refractivity contribution is -0.139. The first kappa shape index (κ1) is 15.4. The van der Waals surface area contributed by atoms with Crippen molar-refractivity contribution in [3.8, 4) is 0 Å². The van der Waals surface area contributed by atoms with Gasteiger partial charge in [-0.2, -0.15) is 0 Å². The minimum absolute atomic E-state index is 0.0673. The largest absolute Gasteiger partial charge is 0.466 e. The molecule has 0 spiro atoms. The molecule has 17 heavy (non-hydrogen) atoms. The second-order valence-corrected chi connectivity index (χ2v) is 3.61. The number of aliphatic hydroxyl groups is 1. The summed E-state index contributed by atoms with van der Waals surface area (Å²) in [6.07, 6.45) is 0.723. The number of hydrogen-bond acceptors (Lipinski definition) is 5. The molecule has 0 aromatic heterocycles. The minimum Gasteiger partial charge on any atom is -0.466 e. The van der Waals surface area contributed by atoms with Crippen LogP contribution in [0.15, 0.2) is 23.8 Å². The zero-order chi connectivity index (χ0) is 13.4. The van der Waals surface area contributed by atoms with E-state index in [1.54, 1.807) is 6.92 Å². The molecule has 0 aromatic carbocycles. The van der Waals surface area contributed by atoms with Crippen molar-refractivity contribution in [3.05, 3.63) is 23.8 Å². The number of rotatable bonds is 6. The van der Waals surface area contributed by atoms with Gasteiger partial charge < -0.3 is 14.6 Å². The van der Waals surface area contributed by atoms with Crippen molar-refractivity contribution in [2.24, 2.45) is 0 Å². The summed E-state index contributed by atoms with van der Waals surface area (Å²) in [7, 11) is 1.26. The van der Waals surface area contributed by atoms with Crippen molar-refractivity contribution in [1.82, 2.24) is 0 Å². The number of carbonyl (C=O) groups excluding carboxylic acids is 2. The summed E-state index contributed by atoms with van der Waals surface area (Å²) in [5.74, 6) is -0.992. The minimum atomic E-state index is -0.855. The van der Waals surface area contributed by atoms with Crippen molar-refractivity contribution < 1.29 is 24.2 Å². The number of ether oxygens (including phenoxy) is 2. The topological polar surface area (TPSA) is 72.8 Å². The van der Waals surface area contributed by atoms with Crippen LogP contribution in [0.5, 0.6) is 0 Å². The van der Waals surface area contributed by atoms with Gasteiger partial charge in [-0.15, -0.1) is 0 Å². The van der Waals surface area contributed by atoms with Crippen LogP contribution in [0, 0.1) is 0 Å². The summed E-state index contributed by atoms with van der Waals surface area (Å²) in [5, 5.41) is 9.52. The fourth-order valence-electron chi connectivity index (χ4n) is 0.997. The maximum absolute atomic E-state index is 11.0. The Morgan fingerprint density at radius 1 is 1.35 bits per heavy atom. The molecule has 96 valence electrons. The monoisotopic (exact) mass is 242 g/mol. The molecule has 0 aliphatic carbocycles. The van der Waals surface area contributed by atoms with Crippen molar-refractivity contribution in [3.63, 3.8) is 0 Å². The third-order valence-electron chi connectivity index (χ3n) is 1.94. The molecule has 1 atom stereocenters. The summed E-state index contributed by atoms with van der Waals surface area (Å²) < 4.78 is 9.27. The summed E-state index contributed by atoms with van der Waals surface area (Å²) >= 11 is 0. The molecule has 0 saturated heterocycles. The summed E-state index contributed by atoms with van der Waals surface area (Å²) in [6.45, 7) is 6.57. The molecule has 0 radical (unpaired) electrons. The van der Waals surface area contributed by atoms with Gasteiger partial charge in [0.2, 0.25) is 0 Å². The van der Waals surface area contributed by atoms with Crippen LogP contribution >= 0.6 is 0 Å². The van der Waals surface area contributed by atoms with Crippen LogP contribution in [0.2, 0.25) is 0 Å². The average Bonchev–Trinajstić information content (AvgIpc) is 2.27. The van der Waals surface area contributed by atoms with Crippen LogP contribution in [0.1, 0.15) is 20.3 Å². The molecule has 0 aliphatic heterocycles. The van der Waals surface area contributed by atoms with Crippen LogP contribution in [0.4, 0.5) is 0 Å². The third-order valence-corrected chi connectivity index (χ3v) is 1.94. The quantitative estimate of drug-likeness (QED) is 0.555. The molecule has 0 heterocycles. The Bertz CT molecular complexity index is 330. The number of carbonyl (C=O) groups is 2. The van der Waals surface area contributed by atoms with Gasteiger partial charge in [0.1, 0.15) is 0 Å². The molecule has 0 fully saturated rings. The van der Waals surface area contributed by atoms with Gasteiger partial charge in [0.25, 0.3) is 0 Å². The summed E-state index contributed by atoms with van der Waals surface area (Å²) in [6, 6.07) is 0. The van der Waals surface area contributed by atoms with Crippen LogP contribution in [0.25, 0.3) is 0 Å². The van der Waals surface area contributed by atoms with Gasteiger partial charge in [-0.25, -0.2) is 9.59 Å². The van der Waals surface area contributed by atoms with Crippen LogP contribution in [-0.4, -0.2) is 36.9 Å². The molecule has 1 unspecified atom stereocenters. The molecule has 0 aromatic rings. The SMILES string of the molecule is C=C(C)C(=O)OCCC(O)C=C(C)C(=O)OC. The normalized spacial score (nSPS) is 12.8. The van der Waals surface area contributed by atoms with E-state index in [-0.39, 0.29) is 13.0 Å². The third kappa shape index (κ3) is 6.52. The molecule has 1 N–H and O–H groups in total. The standard InChI is InChI=1S/C12H18O5/c1-8(2)11(14)17-6-5-10(13)7-9(3)12(15)16-4/h7,10,13H,1,5-6H2,2-4H3. The van der Waals surface area contributed by atoms with E-state index in [9.17, 15) is 14.7 Å². The predicted molar refractivity (Wildman–Crippen MR) is 62.2 cm³/mol. The lowest BCUT2D eigenvalue weighted by Gasteiger charge is -2.08. The highest BCUT2D eigenvalue weighted by Gasteiger charge is 2.09. The number of aliphatic hydroxyl groups excluding tert-OH is 1. The lowest BCUT2D eigenvalue weighted by atomic mass is 10.2. The number of methoxy groups -OCH3 is 1. The highest BCUT2D eigenvalue weighted by molar-refractivity contribution is 5.87. The van der Waals surface area contributed by atoms with Gasteiger partial charge in [0, 0.05) is 17.6 Å². The maximum atomic E-state index is 11.0. The molecule has 0 aliphatic rings. The molecule has 5 nitrogen and oxygen atoms in total. The molecule has 0 saturated carbocycles. The van der Waals surface area contributed by atoms with Crippen molar-refractivity contribution in [1.29, 1.82) is 0 Å². The van der Waals surface area contributed by atoms with Crippen LogP contribution < -0.4 is 0 Å². The van der Waals surface area contributed by atoms with Crippen molar-refractivity contribution in [2.45, 2.75) is 26.4 Å². The zero-order valence-electron chi connectivity index (χ0n) is 10.4. The average molecular weight is 242 g/mol. The maximum Gasteiger partial charge on any atom is 0.333 e. The molecular weight excluding hydrogens is 224 g/mol. The van der Waals surface area contributed by atoms with E-state index in [0.717, 1.165) is 0 Å². The van der Waals surface area contributed by atoms with E-state index < -0.39 is 18.0 Å². The Morgan fingerprint density at radius 2 is 1.94 bits per heavy atom. The highest BCUT2D eigenvalue weighted by atomic mass is 16.5. The fourth-order valence-corrected chi connectivity index (χ4v) is 0.997. The second-order valence-electron chi connectivity index (χ2n) is 3.61. The van der Waals surface area contributed by atoms with E-state index in [2.05, 4.69) is 11.3 Å². The Balaban J connectivity index is 4.03. The van der Waals surface area contributed by atoms with E-state index in [1.165, 1.54) is 20.1 Å². The fraction of sp³-hybridized carbons (Fsp3) is 0.500. The summed E-state index contributed by atoms with van der Waals surface area (Å²) in [4.78, 5) is 22.0. The Hall–Kier alpha value is -1.62. The number of hydrogen-bond donors (Lipinski definition) is 1. The van der Waals surface area contributed by atoms with E-state index in [1.807, 2.05) is 0 Å². The Kier molecular flexibility index (Phi) is 6.89. The molecular formula is C12H18O5. The van der Waals surface area contributed by atoms with Crippen molar-refractivity contribution >= 4 is 11.9 Å². The smallest absolute Gasteiger partial charge is 0.333 e. The van der Waals surface area contributed by atoms with Gasteiger partial charge in [-0.1, -0.05) is 6.58 Å². The van der Waals surface area contributed by atoms with Gasteiger partial charge in [0.05, 0.1) is 19.8 Å². The predicted octanol–water partition coefficient (Wildman–Crippen LogP) is 0.976. The Morgan fingerprint density at radius 3 is 2.41 bits per heavy atom. The zero-order valence-corrected chi connectivity index (χ0v) is 10.4. The van der Waals surface area contributed by atoms with Gasteiger partial charge >= 0.3 is 11.9 Å². The molecule has 0 amide bonds. The van der Waals surface area contributed by atoms with Crippen LogP contribution in [-0.2, 0) is 19.1 Å². The Labute approximate surface area is 101 Å². The van der Waals surface area contributed by atoms with Crippen LogP contribution in [0.3, 0.4) is 0 Å². The van der Waals surface area contributed by atoms with E-state index in [0.29, 0.717) is 11.1 Å². The van der Waals surface area contributed by atoms with Gasteiger partial charge in [-0.3, -0.25) is 0 Å². The second kappa shape index (κ2) is 7.62. The first-order valence-corrected chi connectivity index (χ1v) is 5.16. The molecule has 0 rings (SSSR count). The lowest BCUT2D eigenvalue weighted by Crippen LogP contribution is -2.13. The van der Waals surface area contributed by atoms with Crippen molar-refractivity contribution in [2.75, 3.05) is 13.7 Å². The highest BCUT2D eigenvalue weighted by Crippen LogP contribution is 2.03.